The Morgan fingerprint density at radius 2 is 1.82 bits per heavy atom. The van der Waals surface area contributed by atoms with Crippen molar-refractivity contribution >= 4 is 10.2 Å². The van der Waals surface area contributed by atoms with E-state index >= 15 is 0 Å². The van der Waals surface area contributed by atoms with Gasteiger partial charge in [-0.05, 0) is 5.56 Å². The third-order valence-corrected chi connectivity index (χ3v) is 5.83. The fraction of sp³-hybridized carbons (Fsp3) is 0.533. The topological polar surface area (TPSA) is 67.6 Å². The van der Waals surface area contributed by atoms with Gasteiger partial charge in [-0.2, -0.15) is 22.3 Å². The molecule has 1 aromatic carbocycles. The first-order chi connectivity index (χ1) is 10.5. The highest BCUT2D eigenvalue weighted by Gasteiger charge is 2.29. The van der Waals surface area contributed by atoms with Crippen LogP contribution in [-0.4, -0.2) is 61.7 Å². The Morgan fingerprint density at radius 3 is 2.41 bits per heavy atom. The molecule has 7 heteroatoms. The van der Waals surface area contributed by atoms with E-state index in [-0.39, 0.29) is 13.0 Å². The van der Waals surface area contributed by atoms with E-state index in [0.29, 0.717) is 13.1 Å². The number of hydrogen-bond donors (Lipinski definition) is 0. The Morgan fingerprint density at radius 1 is 1.18 bits per heavy atom. The highest BCUT2D eigenvalue weighted by molar-refractivity contribution is 7.86. The van der Waals surface area contributed by atoms with E-state index in [4.69, 9.17) is 5.26 Å². The van der Waals surface area contributed by atoms with Crippen molar-refractivity contribution < 1.29 is 8.42 Å². The van der Waals surface area contributed by atoms with Crippen molar-refractivity contribution in [3.8, 4) is 6.07 Å². The fourth-order valence-corrected chi connectivity index (χ4v) is 3.82. The van der Waals surface area contributed by atoms with E-state index < -0.39 is 10.2 Å². The molecule has 22 heavy (non-hydrogen) atoms. The highest BCUT2D eigenvalue weighted by atomic mass is 32.2. The highest BCUT2D eigenvalue weighted by Crippen LogP contribution is 2.13. The van der Waals surface area contributed by atoms with Crippen molar-refractivity contribution in [2.75, 3.05) is 39.8 Å². The molecule has 0 bridgehead atoms. The predicted octanol–water partition coefficient (Wildman–Crippen LogP) is 0.894. The summed E-state index contributed by atoms with van der Waals surface area (Å²) in [5, 5.41) is 8.57. The molecule has 1 aliphatic heterocycles. The average Bonchev–Trinajstić information content (AvgIpc) is 2.54. The summed E-state index contributed by atoms with van der Waals surface area (Å²) >= 11 is 0. The SMILES string of the molecule is CN(CCC#N)S(=O)(=O)N1CCN(Cc2ccccc2)CC1. The second-order valence-corrected chi connectivity index (χ2v) is 7.43. The van der Waals surface area contributed by atoms with E-state index in [0.717, 1.165) is 19.6 Å². The molecule has 0 unspecified atom stereocenters. The van der Waals surface area contributed by atoms with Crippen LogP contribution in [0, 0.1) is 11.3 Å². The second kappa shape index (κ2) is 7.70. The molecule has 1 fully saturated rings. The molecule has 1 aliphatic rings. The fourth-order valence-electron chi connectivity index (χ4n) is 2.48. The van der Waals surface area contributed by atoms with Crippen LogP contribution in [0.25, 0.3) is 0 Å². The maximum Gasteiger partial charge on any atom is 0.281 e. The third kappa shape index (κ3) is 4.27. The Kier molecular flexibility index (Phi) is 5.91. The second-order valence-electron chi connectivity index (χ2n) is 5.40. The third-order valence-electron chi connectivity index (χ3n) is 3.84. The standard InChI is InChI=1S/C15H22N4O2S/c1-17(9-5-8-16)22(20,21)19-12-10-18(11-13-19)14-15-6-3-2-4-7-15/h2-4,6-7H,5,9-14H2,1H3. The monoisotopic (exact) mass is 322 g/mol. The van der Waals surface area contributed by atoms with Gasteiger partial charge in [-0.15, -0.1) is 0 Å². The number of benzene rings is 1. The quantitative estimate of drug-likeness (QED) is 0.780. The van der Waals surface area contributed by atoms with Gasteiger partial charge in [-0.3, -0.25) is 4.90 Å². The van der Waals surface area contributed by atoms with Crippen molar-refractivity contribution in [1.82, 2.24) is 13.5 Å². The summed E-state index contributed by atoms with van der Waals surface area (Å²) in [6.07, 6.45) is 0.212. The Labute approximate surface area is 132 Å². The molecule has 0 aromatic heterocycles. The number of hydrogen-bond acceptors (Lipinski definition) is 4. The van der Waals surface area contributed by atoms with Crippen LogP contribution >= 0.6 is 0 Å². The molecule has 0 N–H and O–H groups in total. The molecule has 0 atom stereocenters. The van der Waals surface area contributed by atoms with Gasteiger partial charge >= 0.3 is 0 Å². The molecule has 6 nitrogen and oxygen atoms in total. The Hall–Kier alpha value is -1.46. The molecule has 2 rings (SSSR count). The largest absolute Gasteiger partial charge is 0.296 e. The Balaban J connectivity index is 1.87. The normalized spacial score (nSPS) is 17.5. The molecular weight excluding hydrogens is 300 g/mol. The van der Waals surface area contributed by atoms with Crippen LogP contribution in [0.3, 0.4) is 0 Å². The lowest BCUT2D eigenvalue weighted by Crippen LogP contribution is -2.52. The van der Waals surface area contributed by atoms with Gasteiger partial charge in [0.1, 0.15) is 0 Å². The number of piperazine rings is 1. The zero-order valence-electron chi connectivity index (χ0n) is 12.9. The summed E-state index contributed by atoms with van der Waals surface area (Å²) < 4.78 is 27.5. The van der Waals surface area contributed by atoms with Crippen LogP contribution in [0.15, 0.2) is 30.3 Å². The van der Waals surface area contributed by atoms with Crippen molar-refractivity contribution in [2.24, 2.45) is 0 Å². The van der Waals surface area contributed by atoms with Crippen LogP contribution in [0.4, 0.5) is 0 Å². The van der Waals surface area contributed by atoms with Gasteiger partial charge in [0.05, 0.1) is 6.07 Å². The minimum atomic E-state index is -3.44. The van der Waals surface area contributed by atoms with Crippen LogP contribution in [0.5, 0.6) is 0 Å². The van der Waals surface area contributed by atoms with Crippen molar-refractivity contribution in [2.45, 2.75) is 13.0 Å². The van der Waals surface area contributed by atoms with Crippen molar-refractivity contribution in [1.29, 1.82) is 5.26 Å². The van der Waals surface area contributed by atoms with E-state index in [1.165, 1.54) is 21.2 Å². The van der Waals surface area contributed by atoms with Gasteiger partial charge < -0.3 is 0 Å². The minimum absolute atomic E-state index is 0.212. The molecule has 0 amide bonds. The smallest absolute Gasteiger partial charge is 0.281 e. The summed E-state index contributed by atoms with van der Waals surface area (Å²) in [4.78, 5) is 2.26. The number of rotatable bonds is 6. The molecule has 120 valence electrons. The number of nitriles is 1. The summed E-state index contributed by atoms with van der Waals surface area (Å²) in [6.45, 7) is 3.51. The van der Waals surface area contributed by atoms with E-state index in [2.05, 4.69) is 17.0 Å². The van der Waals surface area contributed by atoms with Crippen LogP contribution in [-0.2, 0) is 16.8 Å². The molecule has 0 spiro atoms. The predicted molar refractivity (Wildman–Crippen MR) is 85.1 cm³/mol. The Bertz CT molecular complexity index is 604. The first-order valence-corrected chi connectivity index (χ1v) is 8.78. The van der Waals surface area contributed by atoms with Gasteiger partial charge in [0.15, 0.2) is 0 Å². The van der Waals surface area contributed by atoms with Crippen molar-refractivity contribution in [3.63, 3.8) is 0 Å². The lowest BCUT2D eigenvalue weighted by Gasteiger charge is -2.35. The molecule has 0 saturated carbocycles. The molecule has 1 saturated heterocycles. The zero-order chi connectivity index (χ0) is 16.0. The molecule has 1 aromatic rings. The minimum Gasteiger partial charge on any atom is -0.296 e. The summed E-state index contributed by atoms with van der Waals surface area (Å²) in [6, 6.07) is 12.2. The maximum atomic E-state index is 12.4. The van der Waals surface area contributed by atoms with Gasteiger partial charge in [-0.1, -0.05) is 30.3 Å². The zero-order valence-corrected chi connectivity index (χ0v) is 13.7. The number of nitrogens with zero attached hydrogens (tertiary/aromatic N) is 4. The van der Waals surface area contributed by atoms with Crippen LogP contribution in [0.1, 0.15) is 12.0 Å². The lowest BCUT2D eigenvalue weighted by molar-refractivity contribution is 0.176. The molecule has 0 radical (unpaired) electrons. The average molecular weight is 322 g/mol. The van der Waals surface area contributed by atoms with E-state index in [1.54, 1.807) is 0 Å². The van der Waals surface area contributed by atoms with Gasteiger partial charge in [-0.25, -0.2) is 0 Å². The lowest BCUT2D eigenvalue weighted by atomic mass is 10.2. The van der Waals surface area contributed by atoms with E-state index in [1.807, 2.05) is 24.3 Å². The van der Waals surface area contributed by atoms with Gasteiger partial charge in [0.25, 0.3) is 10.2 Å². The van der Waals surface area contributed by atoms with Crippen LogP contribution in [0.2, 0.25) is 0 Å². The molecule has 0 aliphatic carbocycles. The maximum absolute atomic E-state index is 12.4. The summed E-state index contributed by atoms with van der Waals surface area (Å²) in [5.74, 6) is 0. The summed E-state index contributed by atoms with van der Waals surface area (Å²) in [5.41, 5.74) is 1.24. The first-order valence-electron chi connectivity index (χ1n) is 7.38. The first kappa shape index (κ1) is 16.9. The van der Waals surface area contributed by atoms with Gasteiger partial charge in [0, 0.05) is 52.7 Å². The van der Waals surface area contributed by atoms with E-state index in [9.17, 15) is 8.42 Å². The molecular formula is C15H22N4O2S. The van der Waals surface area contributed by atoms with Crippen molar-refractivity contribution in [3.05, 3.63) is 35.9 Å². The summed E-state index contributed by atoms with van der Waals surface area (Å²) in [7, 11) is -1.91. The molecule has 1 heterocycles. The van der Waals surface area contributed by atoms with Gasteiger partial charge in [0.2, 0.25) is 0 Å². The van der Waals surface area contributed by atoms with Crippen LogP contribution < -0.4 is 0 Å².